The molecule has 64 valence electrons. The number of rotatable bonds is 2. The molecule has 3 heteroatoms. The van der Waals surface area contributed by atoms with Gasteiger partial charge in [0.25, 0.3) is 0 Å². The highest BCUT2D eigenvalue weighted by Gasteiger charge is 1.98. The van der Waals surface area contributed by atoms with Crippen molar-refractivity contribution in [2.75, 3.05) is 0 Å². The molecular formula is C10H7NO2. The third-order valence-electron chi connectivity index (χ3n) is 1.58. The van der Waals surface area contributed by atoms with Gasteiger partial charge in [-0.3, -0.25) is 0 Å². The fourth-order valence-corrected chi connectivity index (χ4v) is 0.916. The lowest BCUT2D eigenvalue weighted by Crippen LogP contribution is -1.87. The molecule has 0 aliphatic heterocycles. The molecule has 0 spiro atoms. The SMILES string of the molecule is N#CC(=C=O)Cc1ccc(O)cc1. The lowest BCUT2D eigenvalue weighted by Gasteiger charge is -1.96. The summed E-state index contributed by atoms with van der Waals surface area (Å²) in [7, 11) is 0. The molecule has 0 aliphatic carbocycles. The zero-order chi connectivity index (χ0) is 9.68. The van der Waals surface area contributed by atoms with Gasteiger partial charge < -0.3 is 5.11 Å². The Morgan fingerprint density at radius 2 is 2.00 bits per heavy atom. The lowest BCUT2D eigenvalue weighted by molar-refractivity contribution is 0.475. The summed E-state index contributed by atoms with van der Waals surface area (Å²) in [6.45, 7) is 0. The van der Waals surface area contributed by atoms with E-state index >= 15 is 0 Å². The first-order valence-corrected chi connectivity index (χ1v) is 3.68. The van der Waals surface area contributed by atoms with Crippen LogP contribution in [0.4, 0.5) is 0 Å². The number of phenols is 1. The van der Waals surface area contributed by atoms with Crippen molar-refractivity contribution in [3.63, 3.8) is 0 Å². The van der Waals surface area contributed by atoms with Gasteiger partial charge in [-0.1, -0.05) is 12.1 Å². The van der Waals surface area contributed by atoms with Gasteiger partial charge in [-0.15, -0.1) is 0 Å². The fraction of sp³-hybridized carbons (Fsp3) is 0.100. The summed E-state index contributed by atoms with van der Waals surface area (Å²) in [6.07, 6.45) is 0.264. The van der Waals surface area contributed by atoms with Crippen molar-refractivity contribution in [2.24, 2.45) is 0 Å². The topological polar surface area (TPSA) is 61.1 Å². The van der Waals surface area contributed by atoms with Crippen LogP contribution >= 0.6 is 0 Å². The normalized spacial score (nSPS) is 8.54. The Kier molecular flexibility index (Phi) is 2.86. The van der Waals surface area contributed by atoms with Crippen molar-refractivity contribution in [2.45, 2.75) is 6.42 Å². The van der Waals surface area contributed by atoms with Crippen LogP contribution in [0.5, 0.6) is 5.75 Å². The Morgan fingerprint density at radius 1 is 1.38 bits per heavy atom. The van der Waals surface area contributed by atoms with Crippen LogP contribution in [-0.4, -0.2) is 11.0 Å². The smallest absolute Gasteiger partial charge is 0.139 e. The van der Waals surface area contributed by atoms with Crippen LogP contribution in [0.1, 0.15) is 5.56 Å². The zero-order valence-electron chi connectivity index (χ0n) is 6.82. The van der Waals surface area contributed by atoms with Gasteiger partial charge in [0.2, 0.25) is 0 Å². The fourth-order valence-electron chi connectivity index (χ4n) is 0.916. The Hall–Kier alpha value is -2.04. The molecule has 0 aromatic heterocycles. The van der Waals surface area contributed by atoms with E-state index in [1.807, 2.05) is 0 Å². The van der Waals surface area contributed by atoms with Gasteiger partial charge in [-0.05, 0) is 17.7 Å². The molecule has 0 aliphatic rings. The van der Waals surface area contributed by atoms with Gasteiger partial charge in [-0.25, -0.2) is 4.79 Å². The Labute approximate surface area is 75.5 Å². The minimum atomic E-state index is 0.0608. The number of hydrogen-bond donors (Lipinski definition) is 1. The summed E-state index contributed by atoms with van der Waals surface area (Å²) in [5.41, 5.74) is 0.864. The highest BCUT2D eigenvalue weighted by Crippen LogP contribution is 2.11. The average molecular weight is 173 g/mol. The predicted molar refractivity (Wildman–Crippen MR) is 46.6 cm³/mol. The average Bonchev–Trinajstić information content (AvgIpc) is 2.17. The van der Waals surface area contributed by atoms with Crippen LogP contribution in [-0.2, 0) is 11.2 Å². The largest absolute Gasteiger partial charge is 0.508 e. The van der Waals surface area contributed by atoms with E-state index in [4.69, 9.17) is 10.4 Å². The van der Waals surface area contributed by atoms with E-state index < -0.39 is 0 Å². The van der Waals surface area contributed by atoms with E-state index in [0.29, 0.717) is 0 Å². The molecule has 0 atom stereocenters. The molecule has 0 radical (unpaired) electrons. The highest BCUT2D eigenvalue weighted by molar-refractivity contribution is 5.60. The molecule has 0 saturated carbocycles. The summed E-state index contributed by atoms with van der Waals surface area (Å²) in [6, 6.07) is 8.08. The van der Waals surface area contributed by atoms with Gasteiger partial charge in [0, 0.05) is 6.42 Å². The number of nitrogens with zero attached hydrogens (tertiary/aromatic N) is 1. The van der Waals surface area contributed by atoms with Gasteiger partial charge in [0.1, 0.15) is 23.3 Å². The van der Waals surface area contributed by atoms with Crippen molar-refractivity contribution >= 4 is 5.94 Å². The van der Waals surface area contributed by atoms with Crippen molar-refractivity contribution < 1.29 is 9.90 Å². The molecular weight excluding hydrogens is 166 g/mol. The maximum absolute atomic E-state index is 10.2. The van der Waals surface area contributed by atoms with Crippen molar-refractivity contribution in [1.82, 2.24) is 0 Å². The predicted octanol–water partition coefficient (Wildman–Crippen LogP) is 1.22. The first kappa shape index (κ1) is 9.05. The molecule has 1 rings (SSSR count). The minimum Gasteiger partial charge on any atom is -0.508 e. The summed E-state index contributed by atoms with van der Waals surface area (Å²) in [5, 5.41) is 17.4. The van der Waals surface area contributed by atoms with E-state index in [1.54, 1.807) is 24.1 Å². The molecule has 13 heavy (non-hydrogen) atoms. The van der Waals surface area contributed by atoms with Crippen LogP contribution < -0.4 is 0 Å². The monoisotopic (exact) mass is 173 g/mol. The minimum absolute atomic E-state index is 0.0608. The van der Waals surface area contributed by atoms with Crippen molar-refractivity contribution in [3.8, 4) is 11.8 Å². The van der Waals surface area contributed by atoms with Gasteiger partial charge in [-0.2, -0.15) is 5.26 Å². The molecule has 0 saturated heterocycles. The van der Waals surface area contributed by atoms with Gasteiger partial charge >= 0.3 is 0 Å². The first-order valence-electron chi connectivity index (χ1n) is 3.68. The van der Waals surface area contributed by atoms with Crippen LogP contribution in [0.15, 0.2) is 29.8 Å². The first-order chi connectivity index (χ1) is 6.26. The Morgan fingerprint density at radius 3 is 2.46 bits per heavy atom. The molecule has 1 N–H and O–H groups in total. The standard InChI is InChI=1S/C10H7NO2/c11-6-9(7-12)5-8-1-3-10(13)4-2-8/h1-4,13H,5H2. The molecule has 0 amide bonds. The van der Waals surface area contributed by atoms with Crippen LogP contribution in [0.3, 0.4) is 0 Å². The van der Waals surface area contributed by atoms with E-state index in [0.717, 1.165) is 5.56 Å². The number of allylic oxidation sites excluding steroid dienone is 1. The number of phenolic OH excluding ortho intramolecular Hbond substituents is 1. The Bertz CT molecular complexity index is 380. The van der Waals surface area contributed by atoms with Crippen molar-refractivity contribution in [3.05, 3.63) is 35.4 Å². The Balaban J connectivity index is 2.82. The summed E-state index contributed by atoms with van der Waals surface area (Å²) in [5.74, 6) is 1.72. The molecule has 3 nitrogen and oxygen atoms in total. The molecule has 0 bridgehead atoms. The summed E-state index contributed by atoms with van der Waals surface area (Å²) < 4.78 is 0. The van der Waals surface area contributed by atoms with E-state index in [9.17, 15) is 4.79 Å². The van der Waals surface area contributed by atoms with Crippen LogP contribution in [0.25, 0.3) is 0 Å². The second-order valence-electron chi connectivity index (χ2n) is 2.54. The highest BCUT2D eigenvalue weighted by atomic mass is 16.3. The maximum atomic E-state index is 10.2. The van der Waals surface area contributed by atoms with E-state index in [-0.39, 0.29) is 17.7 Å². The van der Waals surface area contributed by atoms with Gasteiger partial charge in [0.15, 0.2) is 0 Å². The third kappa shape index (κ3) is 2.48. The second kappa shape index (κ2) is 4.10. The summed E-state index contributed by atoms with van der Waals surface area (Å²) in [4.78, 5) is 10.2. The van der Waals surface area contributed by atoms with E-state index in [1.165, 1.54) is 12.1 Å². The number of benzene rings is 1. The molecule has 0 heterocycles. The maximum Gasteiger partial charge on any atom is 0.139 e. The zero-order valence-corrected chi connectivity index (χ0v) is 6.82. The van der Waals surface area contributed by atoms with E-state index in [2.05, 4.69) is 0 Å². The van der Waals surface area contributed by atoms with Crippen LogP contribution in [0, 0.1) is 11.3 Å². The molecule has 1 aromatic rings. The lowest BCUT2D eigenvalue weighted by atomic mass is 10.1. The van der Waals surface area contributed by atoms with Crippen molar-refractivity contribution in [1.29, 1.82) is 5.26 Å². The quantitative estimate of drug-likeness (QED) is 0.540. The molecule has 0 unspecified atom stereocenters. The number of nitriles is 1. The second-order valence-corrected chi connectivity index (χ2v) is 2.54. The van der Waals surface area contributed by atoms with Crippen LogP contribution in [0.2, 0.25) is 0 Å². The summed E-state index contributed by atoms with van der Waals surface area (Å²) >= 11 is 0. The van der Waals surface area contributed by atoms with Gasteiger partial charge in [0.05, 0.1) is 0 Å². The molecule has 0 fully saturated rings. The molecule has 1 aromatic carbocycles. The number of hydrogen-bond acceptors (Lipinski definition) is 3. The number of carbonyl (C=O) groups excluding carboxylic acids is 1. The third-order valence-corrected chi connectivity index (χ3v) is 1.58. The number of aromatic hydroxyl groups is 1.